The lowest BCUT2D eigenvalue weighted by molar-refractivity contribution is 0.576. The van der Waals surface area contributed by atoms with Crippen LogP contribution in [0.2, 0.25) is 0 Å². The minimum atomic E-state index is -0.741. The Morgan fingerprint density at radius 1 is 1.00 bits per heavy atom. The van der Waals surface area contributed by atoms with Crippen LogP contribution in [0.1, 0.15) is 21.5 Å². The van der Waals surface area contributed by atoms with Crippen LogP contribution in [0.4, 0.5) is 13.2 Å². The molecule has 0 spiro atoms. The third-order valence-corrected chi connectivity index (χ3v) is 4.40. The highest BCUT2D eigenvalue weighted by molar-refractivity contribution is 9.10. The van der Waals surface area contributed by atoms with Crippen LogP contribution >= 0.6 is 31.9 Å². The van der Waals surface area contributed by atoms with Crippen molar-refractivity contribution in [3.8, 4) is 0 Å². The normalized spacial score (nSPS) is 12.5. The molecule has 2 aromatic carbocycles. The molecule has 2 aromatic rings. The minimum absolute atomic E-state index is 0.0400. The van der Waals surface area contributed by atoms with E-state index in [-0.39, 0.29) is 15.6 Å². The highest BCUT2D eigenvalue weighted by Gasteiger charge is 2.20. The quantitative estimate of drug-likeness (QED) is 0.456. The van der Waals surface area contributed by atoms with Gasteiger partial charge in [0.25, 0.3) is 0 Å². The fraction of sp³-hybridized carbons (Fsp3) is 0.143. The van der Waals surface area contributed by atoms with E-state index in [0.717, 1.165) is 12.1 Å². The summed E-state index contributed by atoms with van der Waals surface area (Å²) in [6, 6.07) is 6.93. The molecule has 0 saturated heterocycles. The van der Waals surface area contributed by atoms with Crippen LogP contribution in [0.3, 0.4) is 0 Å². The van der Waals surface area contributed by atoms with Gasteiger partial charge in [0.2, 0.25) is 0 Å². The first-order valence-electron chi connectivity index (χ1n) is 5.45. The highest BCUT2D eigenvalue weighted by atomic mass is 79.9. The topological polar surface area (TPSA) is 0 Å². The van der Waals surface area contributed by atoms with Crippen molar-refractivity contribution in [2.24, 2.45) is 0 Å². The molecule has 0 nitrogen and oxygen atoms in total. The fourth-order valence-electron chi connectivity index (χ4n) is 1.77. The summed E-state index contributed by atoms with van der Waals surface area (Å²) in [4.78, 5) is -0.741. The lowest BCUT2D eigenvalue weighted by Crippen LogP contribution is -2.02. The predicted octanol–water partition coefficient (Wildman–Crippen LogP) is 5.66. The van der Waals surface area contributed by atoms with Crippen LogP contribution in [0.15, 0.2) is 34.8 Å². The second-order valence-electron chi connectivity index (χ2n) is 4.13. The number of hydrogen-bond acceptors (Lipinski definition) is 0. The number of alkyl halides is 1. The molecule has 5 heteroatoms. The van der Waals surface area contributed by atoms with Gasteiger partial charge < -0.3 is 0 Å². The average molecular weight is 394 g/mol. The van der Waals surface area contributed by atoms with Gasteiger partial charge in [0.15, 0.2) is 0 Å². The van der Waals surface area contributed by atoms with Crippen LogP contribution in [0.25, 0.3) is 0 Å². The molecule has 0 amide bonds. The van der Waals surface area contributed by atoms with Crippen molar-refractivity contribution < 1.29 is 13.2 Å². The fourth-order valence-corrected chi connectivity index (χ4v) is 2.79. The molecule has 1 atom stereocenters. The molecule has 100 valence electrons. The Hall–Kier alpha value is -0.810. The Balaban J connectivity index is 2.53. The summed E-state index contributed by atoms with van der Waals surface area (Å²) < 4.78 is 41.4. The molecule has 0 radical (unpaired) electrons. The summed E-state index contributed by atoms with van der Waals surface area (Å²) in [7, 11) is 0. The summed E-state index contributed by atoms with van der Waals surface area (Å²) in [5, 5.41) is 0. The van der Waals surface area contributed by atoms with E-state index in [1.54, 1.807) is 25.1 Å². The lowest BCUT2D eigenvalue weighted by atomic mass is 10.0. The number of rotatable bonds is 2. The van der Waals surface area contributed by atoms with Crippen LogP contribution in [0, 0.1) is 24.4 Å². The van der Waals surface area contributed by atoms with Gasteiger partial charge in [-0.2, -0.15) is 0 Å². The molecular formula is C14H9Br2F3. The maximum Gasteiger partial charge on any atom is 0.137 e. The smallest absolute Gasteiger partial charge is 0.137 e. The molecule has 0 aromatic heterocycles. The van der Waals surface area contributed by atoms with Crippen LogP contribution in [0.5, 0.6) is 0 Å². The zero-order chi connectivity index (χ0) is 14.2. The summed E-state index contributed by atoms with van der Waals surface area (Å²) >= 11 is 6.13. The molecule has 1 unspecified atom stereocenters. The maximum atomic E-state index is 14.0. The molecule has 19 heavy (non-hydrogen) atoms. The van der Waals surface area contributed by atoms with Crippen molar-refractivity contribution in [2.45, 2.75) is 11.8 Å². The molecular weight excluding hydrogens is 385 g/mol. The van der Waals surface area contributed by atoms with Gasteiger partial charge in [-0.3, -0.25) is 0 Å². The molecule has 0 bridgehead atoms. The second-order valence-corrected chi connectivity index (χ2v) is 5.90. The summed E-state index contributed by atoms with van der Waals surface area (Å²) in [6.07, 6.45) is 0. The average Bonchev–Trinajstić information content (AvgIpc) is 2.36. The van der Waals surface area contributed by atoms with E-state index < -0.39 is 22.3 Å². The first-order valence-corrected chi connectivity index (χ1v) is 7.16. The van der Waals surface area contributed by atoms with Crippen molar-refractivity contribution >= 4 is 31.9 Å². The highest BCUT2D eigenvalue weighted by Crippen LogP contribution is 2.36. The molecule has 0 aliphatic rings. The van der Waals surface area contributed by atoms with E-state index in [9.17, 15) is 13.2 Å². The van der Waals surface area contributed by atoms with Gasteiger partial charge in [0.1, 0.15) is 17.5 Å². The summed E-state index contributed by atoms with van der Waals surface area (Å²) in [5.41, 5.74) is 0.797. The Kier molecular flexibility index (Phi) is 4.36. The minimum Gasteiger partial charge on any atom is -0.207 e. The maximum absolute atomic E-state index is 14.0. The molecule has 0 saturated carbocycles. The monoisotopic (exact) mass is 392 g/mol. The molecule has 0 fully saturated rings. The van der Waals surface area contributed by atoms with E-state index in [1.807, 2.05) is 0 Å². The second kappa shape index (κ2) is 5.67. The molecule has 0 aliphatic carbocycles. The van der Waals surface area contributed by atoms with E-state index in [0.29, 0.717) is 5.56 Å². The van der Waals surface area contributed by atoms with E-state index in [1.165, 1.54) is 0 Å². The van der Waals surface area contributed by atoms with Gasteiger partial charge in [-0.05, 0) is 40.5 Å². The van der Waals surface area contributed by atoms with Crippen molar-refractivity contribution in [1.29, 1.82) is 0 Å². The number of aryl methyl sites for hydroxylation is 1. The largest absolute Gasteiger partial charge is 0.207 e. The zero-order valence-corrected chi connectivity index (χ0v) is 13.0. The SMILES string of the molecule is Cc1cccc(C(Br)c2cc(F)c(Br)cc2F)c1F. The number of benzene rings is 2. The number of halogens is 5. The Morgan fingerprint density at radius 2 is 1.68 bits per heavy atom. The van der Waals surface area contributed by atoms with Crippen LogP contribution in [-0.2, 0) is 0 Å². The zero-order valence-electron chi connectivity index (χ0n) is 9.85. The Bertz CT molecular complexity index is 626. The van der Waals surface area contributed by atoms with Crippen molar-refractivity contribution in [3.63, 3.8) is 0 Å². The van der Waals surface area contributed by atoms with Gasteiger partial charge >= 0.3 is 0 Å². The third kappa shape index (κ3) is 2.87. The van der Waals surface area contributed by atoms with Gasteiger partial charge in [-0.15, -0.1) is 0 Å². The van der Waals surface area contributed by atoms with Gasteiger partial charge in [0.05, 0.1) is 9.30 Å². The standard InChI is InChI=1S/C14H9Br2F3/c1-7-3-2-4-8(14(7)19)13(16)9-5-12(18)10(15)6-11(9)17/h2-6,13H,1H3. The van der Waals surface area contributed by atoms with E-state index in [4.69, 9.17) is 0 Å². The predicted molar refractivity (Wildman–Crippen MR) is 76.0 cm³/mol. The van der Waals surface area contributed by atoms with Gasteiger partial charge in [-0.25, -0.2) is 13.2 Å². The molecule has 2 rings (SSSR count). The van der Waals surface area contributed by atoms with Crippen LogP contribution < -0.4 is 0 Å². The third-order valence-electron chi connectivity index (χ3n) is 2.81. The van der Waals surface area contributed by atoms with Crippen molar-refractivity contribution in [1.82, 2.24) is 0 Å². The first-order chi connectivity index (χ1) is 8.91. The Morgan fingerprint density at radius 3 is 2.37 bits per heavy atom. The first kappa shape index (κ1) is 14.6. The molecule has 0 aliphatic heterocycles. The summed E-state index contributed by atoms with van der Waals surface area (Å²) in [6.45, 7) is 1.62. The summed E-state index contributed by atoms with van der Waals surface area (Å²) in [5.74, 6) is -1.61. The number of hydrogen-bond donors (Lipinski definition) is 0. The Labute approximate surface area is 125 Å². The van der Waals surface area contributed by atoms with Gasteiger partial charge in [0, 0.05) is 11.1 Å². The van der Waals surface area contributed by atoms with Crippen LogP contribution in [-0.4, -0.2) is 0 Å². The van der Waals surface area contributed by atoms with Crippen molar-refractivity contribution in [2.75, 3.05) is 0 Å². The molecule has 0 heterocycles. The van der Waals surface area contributed by atoms with E-state index in [2.05, 4.69) is 31.9 Å². The van der Waals surface area contributed by atoms with E-state index >= 15 is 0 Å². The van der Waals surface area contributed by atoms with Crippen molar-refractivity contribution in [3.05, 3.63) is 68.9 Å². The van der Waals surface area contributed by atoms with Gasteiger partial charge in [-0.1, -0.05) is 34.1 Å². The lowest BCUT2D eigenvalue weighted by Gasteiger charge is -2.14. The molecule has 0 N–H and O–H groups in total.